The summed E-state index contributed by atoms with van der Waals surface area (Å²) in [5.74, 6) is 0.396. The number of carboxylic acid groups (broad SMARTS) is 1. The van der Waals surface area contributed by atoms with Crippen molar-refractivity contribution in [1.29, 1.82) is 0 Å². The molecule has 13 heteroatoms. The highest BCUT2D eigenvalue weighted by atomic mass is 32.1. The SMILES string of the molecule is COc1cnc2c(-c3nc4c(C)cc5c(c4s3)OCC(COC(=O)Nc3cncc(C(=O)O)c3)O5)cc(C)cc2n1. The van der Waals surface area contributed by atoms with Gasteiger partial charge in [-0.05, 0) is 49.2 Å². The van der Waals surface area contributed by atoms with E-state index in [1.807, 2.05) is 32.0 Å². The number of amides is 1. The van der Waals surface area contributed by atoms with Crippen molar-refractivity contribution in [3.8, 4) is 28.0 Å². The Labute approximate surface area is 236 Å². The van der Waals surface area contributed by atoms with E-state index < -0.39 is 18.2 Å². The molecule has 1 aliphatic heterocycles. The molecule has 2 aromatic carbocycles. The Balaban J connectivity index is 1.21. The van der Waals surface area contributed by atoms with Crippen LogP contribution in [0.1, 0.15) is 21.5 Å². The molecular formula is C28H23N5O7S. The Bertz CT molecular complexity index is 1840. The lowest BCUT2D eigenvalue weighted by Gasteiger charge is -2.26. The molecule has 0 radical (unpaired) electrons. The molecule has 1 amide bonds. The van der Waals surface area contributed by atoms with Crippen molar-refractivity contribution in [3.63, 3.8) is 0 Å². The van der Waals surface area contributed by atoms with Crippen LogP contribution in [0, 0.1) is 13.8 Å². The smallest absolute Gasteiger partial charge is 0.411 e. The van der Waals surface area contributed by atoms with Crippen LogP contribution in [0.5, 0.6) is 17.4 Å². The second kappa shape index (κ2) is 10.5. The summed E-state index contributed by atoms with van der Waals surface area (Å²) in [7, 11) is 1.56. The molecule has 3 aromatic heterocycles. The van der Waals surface area contributed by atoms with Gasteiger partial charge in [-0.1, -0.05) is 0 Å². The lowest BCUT2D eigenvalue weighted by molar-refractivity contribution is 0.0383. The topological polar surface area (TPSA) is 155 Å². The molecule has 0 saturated carbocycles. The molecular weight excluding hydrogens is 550 g/mol. The molecule has 12 nitrogen and oxygen atoms in total. The van der Waals surface area contributed by atoms with Crippen LogP contribution in [0.15, 0.2) is 42.9 Å². The second-order valence-corrected chi connectivity index (χ2v) is 10.4. The number of pyridine rings is 1. The van der Waals surface area contributed by atoms with Gasteiger partial charge in [-0.15, -0.1) is 11.3 Å². The Morgan fingerprint density at radius 1 is 1.12 bits per heavy atom. The maximum Gasteiger partial charge on any atom is 0.411 e. The number of benzene rings is 2. The number of aryl methyl sites for hydroxylation is 2. The van der Waals surface area contributed by atoms with Crippen LogP contribution >= 0.6 is 11.3 Å². The van der Waals surface area contributed by atoms with Crippen LogP contribution in [0.25, 0.3) is 31.8 Å². The van der Waals surface area contributed by atoms with Crippen LogP contribution in [0.2, 0.25) is 0 Å². The molecule has 4 heterocycles. The monoisotopic (exact) mass is 573 g/mol. The quantitative estimate of drug-likeness (QED) is 0.281. The third-order valence-electron chi connectivity index (χ3n) is 6.33. The van der Waals surface area contributed by atoms with Gasteiger partial charge in [-0.2, -0.15) is 0 Å². The highest BCUT2D eigenvalue weighted by Crippen LogP contribution is 2.46. The molecule has 0 bridgehead atoms. The minimum atomic E-state index is -1.15. The van der Waals surface area contributed by atoms with E-state index in [2.05, 4.69) is 20.3 Å². The van der Waals surface area contributed by atoms with Crippen molar-refractivity contribution >= 4 is 50.3 Å². The number of anilines is 1. The van der Waals surface area contributed by atoms with Crippen molar-refractivity contribution in [2.75, 3.05) is 25.6 Å². The van der Waals surface area contributed by atoms with Crippen LogP contribution in [0.3, 0.4) is 0 Å². The summed E-state index contributed by atoms with van der Waals surface area (Å²) in [6.07, 6.45) is 2.78. The zero-order valence-corrected chi connectivity index (χ0v) is 22.9. The lowest BCUT2D eigenvalue weighted by Crippen LogP contribution is -2.35. The van der Waals surface area contributed by atoms with Gasteiger partial charge in [0.1, 0.15) is 22.9 Å². The number of nitrogens with zero attached hydrogens (tertiary/aromatic N) is 4. The van der Waals surface area contributed by atoms with E-state index in [0.29, 0.717) is 17.4 Å². The Morgan fingerprint density at radius 2 is 1.98 bits per heavy atom. The summed E-state index contributed by atoms with van der Waals surface area (Å²) in [5.41, 5.74) is 5.17. The van der Waals surface area contributed by atoms with Crippen LogP contribution in [-0.4, -0.2) is 63.5 Å². The summed E-state index contributed by atoms with van der Waals surface area (Å²) < 4.78 is 23.6. The van der Waals surface area contributed by atoms with Crippen molar-refractivity contribution in [1.82, 2.24) is 19.9 Å². The molecule has 1 atom stereocenters. The number of carboxylic acids is 1. The molecule has 2 N–H and O–H groups in total. The number of rotatable bonds is 6. The number of aromatic nitrogens is 4. The first-order valence-corrected chi connectivity index (χ1v) is 13.3. The van der Waals surface area contributed by atoms with E-state index in [4.69, 9.17) is 29.0 Å². The van der Waals surface area contributed by atoms with Crippen molar-refractivity contribution in [2.24, 2.45) is 0 Å². The van der Waals surface area contributed by atoms with Crippen molar-refractivity contribution in [3.05, 3.63) is 59.5 Å². The number of methoxy groups -OCH3 is 1. The number of nitrogens with one attached hydrogen (secondary N) is 1. The predicted octanol–water partition coefficient (Wildman–Crippen LogP) is 5.01. The molecule has 1 aliphatic rings. The number of ether oxygens (including phenoxy) is 4. The average Bonchev–Trinajstić information content (AvgIpc) is 3.41. The maximum atomic E-state index is 12.3. The Kier molecular flexibility index (Phi) is 6.71. The van der Waals surface area contributed by atoms with Gasteiger partial charge < -0.3 is 24.1 Å². The number of aromatic carboxylic acids is 1. The number of thiazole rings is 1. The fourth-order valence-electron chi connectivity index (χ4n) is 4.45. The molecule has 0 fully saturated rings. The Morgan fingerprint density at radius 3 is 2.78 bits per heavy atom. The Hall–Kier alpha value is -5.04. The summed E-state index contributed by atoms with van der Waals surface area (Å²) in [6.45, 7) is 4.01. The largest absolute Gasteiger partial charge is 0.484 e. The summed E-state index contributed by atoms with van der Waals surface area (Å²) in [4.78, 5) is 41.2. The number of hydrogen-bond acceptors (Lipinski definition) is 11. The van der Waals surface area contributed by atoms with E-state index >= 15 is 0 Å². The first-order chi connectivity index (χ1) is 19.8. The summed E-state index contributed by atoms with van der Waals surface area (Å²) in [6, 6.07) is 7.13. The van der Waals surface area contributed by atoms with Crippen LogP contribution < -0.4 is 19.5 Å². The van der Waals surface area contributed by atoms with Crippen LogP contribution in [0.4, 0.5) is 10.5 Å². The molecule has 0 saturated heterocycles. The van der Waals surface area contributed by atoms with E-state index in [9.17, 15) is 9.59 Å². The average molecular weight is 574 g/mol. The van der Waals surface area contributed by atoms with E-state index in [0.717, 1.165) is 42.9 Å². The zero-order valence-electron chi connectivity index (χ0n) is 22.1. The number of carbonyl (C=O) groups is 2. The number of carbonyl (C=O) groups excluding carboxylic acids is 1. The highest BCUT2D eigenvalue weighted by Gasteiger charge is 2.27. The molecule has 1 unspecified atom stereocenters. The van der Waals surface area contributed by atoms with Gasteiger partial charge in [0.15, 0.2) is 17.6 Å². The van der Waals surface area contributed by atoms with Gasteiger partial charge in [-0.25, -0.2) is 24.5 Å². The van der Waals surface area contributed by atoms with Gasteiger partial charge in [0.2, 0.25) is 5.88 Å². The van der Waals surface area contributed by atoms with E-state index in [1.54, 1.807) is 13.3 Å². The molecule has 208 valence electrons. The standard InChI is InChI=1S/C28H23N5O7S/c1-13-4-18(23-19(5-13)32-21(37-3)10-30-23)26-33-22-14(2)6-20-24(25(22)41-26)38-11-17(40-20)12-39-28(36)31-16-7-15(27(34)35)8-29-9-16/h4-10,17H,11-12H2,1-3H3,(H,31,36)(H,34,35). The van der Waals surface area contributed by atoms with Gasteiger partial charge in [0, 0.05) is 11.8 Å². The predicted molar refractivity (Wildman–Crippen MR) is 150 cm³/mol. The van der Waals surface area contributed by atoms with E-state index in [-0.39, 0.29) is 24.5 Å². The minimum Gasteiger partial charge on any atom is -0.484 e. The first kappa shape index (κ1) is 26.2. The highest BCUT2D eigenvalue weighted by molar-refractivity contribution is 7.22. The summed E-state index contributed by atoms with van der Waals surface area (Å²) in [5, 5.41) is 12.3. The molecule has 5 aromatic rings. The second-order valence-electron chi connectivity index (χ2n) is 9.35. The number of hydrogen-bond donors (Lipinski definition) is 2. The van der Waals surface area contributed by atoms with E-state index in [1.165, 1.54) is 29.8 Å². The van der Waals surface area contributed by atoms with Gasteiger partial charge in [0.25, 0.3) is 0 Å². The lowest BCUT2D eigenvalue weighted by atomic mass is 10.1. The first-order valence-electron chi connectivity index (χ1n) is 12.5. The molecule has 41 heavy (non-hydrogen) atoms. The third kappa shape index (κ3) is 5.14. The normalized spacial score (nSPS) is 14.2. The fourth-order valence-corrected chi connectivity index (χ4v) is 5.60. The van der Waals surface area contributed by atoms with Gasteiger partial charge in [-0.3, -0.25) is 10.3 Å². The minimum absolute atomic E-state index is 0.0555. The molecule has 0 spiro atoms. The molecule has 0 aliphatic carbocycles. The third-order valence-corrected chi connectivity index (χ3v) is 7.41. The van der Waals surface area contributed by atoms with Crippen molar-refractivity contribution < 1.29 is 33.6 Å². The van der Waals surface area contributed by atoms with Crippen molar-refractivity contribution in [2.45, 2.75) is 20.0 Å². The summed E-state index contributed by atoms with van der Waals surface area (Å²) >= 11 is 1.48. The van der Waals surface area contributed by atoms with Gasteiger partial charge >= 0.3 is 12.1 Å². The maximum absolute atomic E-state index is 12.3. The molecule has 6 rings (SSSR count). The van der Waals surface area contributed by atoms with Crippen LogP contribution in [-0.2, 0) is 4.74 Å². The fraction of sp³-hybridized carbons (Fsp3) is 0.214. The number of fused-ring (bicyclic) bond motifs is 4. The zero-order chi connectivity index (χ0) is 28.7. The van der Waals surface area contributed by atoms with Gasteiger partial charge in [0.05, 0.1) is 47.3 Å².